The number of halogens is 1. The molecule has 0 spiro atoms. The van der Waals surface area contributed by atoms with Gasteiger partial charge in [0.2, 0.25) is 0 Å². The van der Waals surface area contributed by atoms with Gasteiger partial charge in [0.15, 0.2) is 0 Å². The van der Waals surface area contributed by atoms with Gasteiger partial charge in [-0.3, -0.25) is 0 Å². The van der Waals surface area contributed by atoms with Crippen molar-refractivity contribution in [1.29, 1.82) is 0 Å². The van der Waals surface area contributed by atoms with Gasteiger partial charge in [0, 0.05) is 5.02 Å². The summed E-state index contributed by atoms with van der Waals surface area (Å²) in [5.41, 5.74) is 2.28. The van der Waals surface area contributed by atoms with Crippen LogP contribution in [0.4, 0.5) is 0 Å². The topological polar surface area (TPSA) is 110 Å². The van der Waals surface area contributed by atoms with E-state index in [4.69, 9.17) is 16.3 Å². The van der Waals surface area contributed by atoms with Crippen LogP contribution in [0.1, 0.15) is 42.2 Å². The van der Waals surface area contributed by atoms with E-state index in [1.165, 1.54) is 0 Å². The van der Waals surface area contributed by atoms with E-state index in [9.17, 15) is 25.5 Å². The van der Waals surface area contributed by atoms with Crippen LogP contribution in [0.15, 0.2) is 42.5 Å². The van der Waals surface area contributed by atoms with Crippen molar-refractivity contribution in [3.05, 3.63) is 69.7 Å². The van der Waals surface area contributed by atoms with Gasteiger partial charge in [0.1, 0.15) is 30.5 Å². The maximum atomic E-state index is 10.4. The van der Waals surface area contributed by atoms with Crippen LogP contribution in [-0.4, -0.2) is 56.6 Å². The Labute approximate surface area is 175 Å². The largest absolute Gasteiger partial charge is 0.394 e. The van der Waals surface area contributed by atoms with Crippen LogP contribution >= 0.6 is 11.6 Å². The predicted molar refractivity (Wildman–Crippen MR) is 109 cm³/mol. The van der Waals surface area contributed by atoms with Gasteiger partial charge in [-0.2, -0.15) is 0 Å². The highest BCUT2D eigenvalue weighted by Gasteiger charge is 2.44. The quantitative estimate of drug-likeness (QED) is 0.501. The Balaban J connectivity index is 1.84. The number of ether oxygens (including phenoxy) is 1. The second kappa shape index (κ2) is 8.70. The molecule has 1 aliphatic heterocycles. The minimum Gasteiger partial charge on any atom is -0.394 e. The van der Waals surface area contributed by atoms with Crippen molar-refractivity contribution < 1.29 is 30.3 Å². The molecule has 0 amide bonds. The molecule has 1 heterocycles. The van der Waals surface area contributed by atoms with Gasteiger partial charge in [0.25, 0.3) is 0 Å². The second-order valence-corrected chi connectivity index (χ2v) is 8.44. The Bertz CT molecular complexity index is 830. The zero-order valence-electron chi connectivity index (χ0n) is 16.4. The zero-order chi connectivity index (χ0) is 21.3. The molecule has 0 radical (unpaired) electrons. The smallest absolute Gasteiger partial charge is 0.113 e. The van der Waals surface area contributed by atoms with Crippen molar-refractivity contribution in [3.63, 3.8) is 0 Å². The molecule has 0 bridgehead atoms. The lowest BCUT2D eigenvalue weighted by Crippen LogP contribution is -2.55. The SMILES string of the molecule is CC(C)(O)c1ccc(Cc2cc([C@@H]3O[C@H](CO)[C@@H](O)[C@H](O)[C@H]3O)ccc2Cl)cc1. The van der Waals surface area contributed by atoms with E-state index in [2.05, 4.69) is 0 Å². The molecule has 29 heavy (non-hydrogen) atoms. The van der Waals surface area contributed by atoms with Gasteiger partial charge in [-0.05, 0) is 48.6 Å². The molecule has 2 aromatic carbocycles. The summed E-state index contributed by atoms with van der Waals surface area (Å²) in [5.74, 6) is 0. The van der Waals surface area contributed by atoms with Crippen LogP contribution < -0.4 is 0 Å². The summed E-state index contributed by atoms with van der Waals surface area (Å²) in [4.78, 5) is 0. The summed E-state index contributed by atoms with van der Waals surface area (Å²) in [6.07, 6.45) is -5.51. The number of benzene rings is 2. The second-order valence-electron chi connectivity index (χ2n) is 8.03. The van der Waals surface area contributed by atoms with Crippen LogP contribution in [0.3, 0.4) is 0 Å². The maximum absolute atomic E-state index is 10.4. The first kappa shape index (κ1) is 22.2. The summed E-state index contributed by atoms with van der Waals surface area (Å²) in [5, 5.41) is 50.4. The zero-order valence-corrected chi connectivity index (χ0v) is 17.1. The fourth-order valence-electron chi connectivity index (χ4n) is 3.53. The van der Waals surface area contributed by atoms with Gasteiger partial charge in [-0.25, -0.2) is 0 Å². The van der Waals surface area contributed by atoms with E-state index in [-0.39, 0.29) is 0 Å². The molecule has 3 rings (SSSR count). The lowest BCUT2D eigenvalue weighted by atomic mass is 9.90. The Morgan fingerprint density at radius 3 is 2.21 bits per heavy atom. The molecule has 1 saturated heterocycles. The fraction of sp³-hybridized carbons (Fsp3) is 0.455. The van der Waals surface area contributed by atoms with Crippen molar-refractivity contribution in [2.24, 2.45) is 0 Å². The van der Waals surface area contributed by atoms with Crippen LogP contribution in [0, 0.1) is 0 Å². The maximum Gasteiger partial charge on any atom is 0.113 e. The Kier molecular flexibility index (Phi) is 6.65. The van der Waals surface area contributed by atoms with Crippen molar-refractivity contribution >= 4 is 11.6 Å². The lowest BCUT2D eigenvalue weighted by molar-refractivity contribution is -0.231. The van der Waals surface area contributed by atoms with Crippen LogP contribution in [0.25, 0.3) is 0 Å². The molecule has 5 N–H and O–H groups in total. The lowest BCUT2D eigenvalue weighted by Gasteiger charge is -2.40. The summed E-state index contributed by atoms with van der Waals surface area (Å²) in [6.45, 7) is 2.97. The van der Waals surface area contributed by atoms with Gasteiger partial charge < -0.3 is 30.3 Å². The Morgan fingerprint density at radius 1 is 0.966 bits per heavy atom. The number of aliphatic hydroxyl groups excluding tert-OH is 4. The average molecular weight is 423 g/mol. The first-order valence-electron chi connectivity index (χ1n) is 9.52. The van der Waals surface area contributed by atoms with Crippen molar-refractivity contribution in [1.82, 2.24) is 0 Å². The normalized spacial score (nSPS) is 27.8. The predicted octanol–water partition coefficient (Wildman–Crippen LogP) is 1.67. The highest BCUT2D eigenvalue weighted by atomic mass is 35.5. The first-order chi connectivity index (χ1) is 13.6. The average Bonchev–Trinajstić information content (AvgIpc) is 2.68. The van der Waals surface area contributed by atoms with Gasteiger partial charge in [0.05, 0.1) is 12.2 Å². The van der Waals surface area contributed by atoms with Gasteiger partial charge in [-0.1, -0.05) is 48.0 Å². The van der Waals surface area contributed by atoms with Crippen LogP contribution in [0.5, 0.6) is 0 Å². The molecule has 1 fully saturated rings. The van der Waals surface area contributed by atoms with E-state index in [1.807, 2.05) is 24.3 Å². The third kappa shape index (κ3) is 4.81. The summed E-state index contributed by atoms with van der Waals surface area (Å²) in [7, 11) is 0. The third-order valence-electron chi connectivity index (χ3n) is 5.35. The van der Waals surface area contributed by atoms with E-state index in [1.54, 1.807) is 32.0 Å². The first-order valence-corrected chi connectivity index (χ1v) is 9.90. The minimum atomic E-state index is -1.43. The highest BCUT2D eigenvalue weighted by Crippen LogP contribution is 2.34. The number of hydrogen-bond acceptors (Lipinski definition) is 6. The molecular weight excluding hydrogens is 396 g/mol. The van der Waals surface area contributed by atoms with Gasteiger partial charge in [-0.15, -0.1) is 0 Å². The monoisotopic (exact) mass is 422 g/mol. The Morgan fingerprint density at radius 2 is 1.62 bits per heavy atom. The molecule has 6 nitrogen and oxygen atoms in total. The number of rotatable bonds is 5. The van der Waals surface area contributed by atoms with Crippen LogP contribution in [0.2, 0.25) is 5.02 Å². The summed E-state index contributed by atoms with van der Waals surface area (Å²) in [6, 6.07) is 12.7. The molecule has 0 saturated carbocycles. The Hall–Kier alpha value is -1.51. The van der Waals surface area contributed by atoms with Crippen LogP contribution in [-0.2, 0) is 16.8 Å². The molecule has 0 aromatic heterocycles. The minimum absolute atomic E-state index is 0.477. The molecule has 0 unspecified atom stereocenters. The van der Waals surface area contributed by atoms with Crippen molar-refractivity contribution in [2.45, 2.75) is 56.4 Å². The van der Waals surface area contributed by atoms with Crippen molar-refractivity contribution in [3.8, 4) is 0 Å². The molecule has 5 atom stereocenters. The van der Waals surface area contributed by atoms with Crippen molar-refractivity contribution in [2.75, 3.05) is 6.61 Å². The fourth-order valence-corrected chi connectivity index (χ4v) is 3.72. The molecular formula is C22H27ClO6. The summed E-state index contributed by atoms with van der Waals surface area (Å²) >= 11 is 6.36. The van der Waals surface area contributed by atoms with E-state index in [0.717, 1.165) is 16.7 Å². The van der Waals surface area contributed by atoms with Gasteiger partial charge >= 0.3 is 0 Å². The highest BCUT2D eigenvalue weighted by molar-refractivity contribution is 6.31. The number of hydrogen-bond donors (Lipinski definition) is 5. The molecule has 1 aliphatic rings. The molecule has 0 aliphatic carbocycles. The van der Waals surface area contributed by atoms with E-state index < -0.39 is 42.7 Å². The van der Waals surface area contributed by atoms with E-state index >= 15 is 0 Å². The third-order valence-corrected chi connectivity index (χ3v) is 5.71. The number of aliphatic hydroxyl groups is 5. The summed E-state index contributed by atoms with van der Waals surface area (Å²) < 4.78 is 5.63. The molecule has 2 aromatic rings. The molecule has 158 valence electrons. The standard InChI is InChI=1S/C22H27ClO6/c1-22(2,28)15-6-3-12(4-7-15)9-14-10-13(5-8-16(14)23)21-20(27)19(26)18(25)17(11-24)29-21/h3-8,10,17-21,24-28H,9,11H2,1-2H3/t17-,18-,19+,20-,21+/m1/s1. The molecule has 7 heteroatoms. The van der Waals surface area contributed by atoms with E-state index in [0.29, 0.717) is 17.0 Å².